The van der Waals surface area contributed by atoms with Crippen LogP contribution >= 0.6 is 11.6 Å². The third-order valence-corrected chi connectivity index (χ3v) is 5.02. The molecule has 1 aromatic carbocycles. The summed E-state index contributed by atoms with van der Waals surface area (Å²) < 4.78 is 0. The fourth-order valence-corrected chi connectivity index (χ4v) is 3.43. The molecule has 106 valence electrons. The highest BCUT2D eigenvalue weighted by Gasteiger charge is 2.30. The first-order valence-electron chi connectivity index (χ1n) is 7.34. The van der Waals surface area contributed by atoms with Crippen LogP contribution in [0.15, 0.2) is 18.2 Å². The van der Waals surface area contributed by atoms with Crippen LogP contribution in [-0.4, -0.2) is 18.0 Å². The smallest absolute Gasteiger partial charge is 0.0429 e. The molecule has 2 N–H and O–H groups in total. The molecule has 0 radical (unpaired) electrons. The van der Waals surface area contributed by atoms with Crippen molar-refractivity contribution in [1.29, 1.82) is 0 Å². The third kappa shape index (κ3) is 3.64. The minimum Gasteiger partial charge on any atom is -0.399 e. The van der Waals surface area contributed by atoms with Crippen LogP contribution in [0.1, 0.15) is 45.1 Å². The fourth-order valence-electron chi connectivity index (χ4n) is 3.17. The molecule has 1 fully saturated rings. The standard InChI is InChI=1S/C16H25ClN2/c1-3-16(4-2)5-7-19(8-6-16)12-13-9-14(17)11-15(18)10-13/h9-11H,3-8,12,18H2,1-2H3. The second-order valence-corrected chi connectivity index (χ2v) is 6.31. The molecule has 0 aromatic heterocycles. The highest BCUT2D eigenvalue weighted by atomic mass is 35.5. The van der Waals surface area contributed by atoms with Crippen LogP contribution in [0.4, 0.5) is 5.69 Å². The molecule has 1 aliphatic rings. The van der Waals surface area contributed by atoms with E-state index in [1.54, 1.807) is 6.07 Å². The quantitative estimate of drug-likeness (QED) is 0.832. The summed E-state index contributed by atoms with van der Waals surface area (Å²) in [4.78, 5) is 2.52. The summed E-state index contributed by atoms with van der Waals surface area (Å²) in [5.74, 6) is 0. The number of likely N-dealkylation sites (tertiary alicyclic amines) is 1. The van der Waals surface area contributed by atoms with Gasteiger partial charge in [0.15, 0.2) is 0 Å². The predicted molar refractivity (Wildman–Crippen MR) is 83.4 cm³/mol. The van der Waals surface area contributed by atoms with Crippen LogP contribution in [0.3, 0.4) is 0 Å². The topological polar surface area (TPSA) is 29.3 Å². The lowest BCUT2D eigenvalue weighted by molar-refractivity contribution is 0.0909. The van der Waals surface area contributed by atoms with E-state index >= 15 is 0 Å². The predicted octanol–water partition coefficient (Wildman–Crippen LogP) is 4.32. The van der Waals surface area contributed by atoms with Gasteiger partial charge in [0.05, 0.1) is 0 Å². The average Bonchev–Trinajstić information content (AvgIpc) is 2.39. The van der Waals surface area contributed by atoms with E-state index in [1.807, 2.05) is 12.1 Å². The van der Waals surface area contributed by atoms with Crippen molar-refractivity contribution in [3.8, 4) is 0 Å². The minimum absolute atomic E-state index is 0.587. The highest BCUT2D eigenvalue weighted by molar-refractivity contribution is 6.30. The molecule has 0 saturated carbocycles. The lowest BCUT2D eigenvalue weighted by Gasteiger charge is -2.41. The van der Waals surface area contributed by atoms with Crippen molar-refractivity contribution < 1.29 is 0 Å². The summed E-state index contributed by atoms with van der Waals surface area (Å²) >= 11 is 6.06. The van der Waals surface area contributed by atoms with Gasteiger partial charge < -0.3 is 5.73 Å². The van der Waals surface area contributed by atoms with E-state index in [2.05, 4.69) is 18.7 Å². The summed E-state index contributed by atoms with van der Waals surface area (Å²) in [6.07, 6.45) is 5.25. The Morgan fingerprint density at radius 3 is 2.32 bits per heavy atom. The number of halogens is 1. The van der Waals surface area contributed by atoms with Crippen LogP contribution in [-0.2, 0) is 6.54 Å². The molecule has 0 atom stereocenters. The molecule has 0 spiro atoms. The molecular weight excluding hydrogens is 256 g/mol. The zero-order chi connectivity index (χ0) is 13.9. The lowest BCUT2D eigenvalue weighted by atomic mass is 9.74. The van der Waals surface area contributed by atoms with E-state index < -0.39 is 0 Å². The third-order valence-electron chi connectivity index (χ3n) is 4.80. The van der Waals surface area contributed by atoms with Crippen LogP contribution in [0.5, 0.6) is 0 Å². The fraction of sp³-hybridized carbons (Fsp3) is 0.625. The van der Waals surface area contributed by atoms with Gasteiger partial charge in [-0.3, -0.25) is 4.90 Å². The monoisotopic (exact) mass is 280 g/mol. The Kier molecular flexibility index (Phi) is 4.75. The first kappa shape index (κ1) is 14.7. The molecule has 0 aliphatic carbocycles. The first-order chi connectivity index (χ1) is 9.07. The zero-order valence-corrected chi connectivity index (χ0v) is 12.8. The van der Waals surface area contributed by atoms with Crippen molar-refractivity contribution >= 4 is 17.3 Å². The maximum atomic E-state index is 6.06. The Balaban J connectivity index is 1.95. The molecule has 2 nitrogen and oxygen atoms in total. The van der Waals surface area contributed by atoms with E-state index in [0.717, 1.165) is 17.3 Å². The number of piperidine rings is 1. The van der Waals surface area contributed by atoms with Gasteiger partial charge in [-0.2, -0.15) is 0 Å². The Labute approximate surface area is 121 Å². The summed E-state index contributed by atoms with van der Waals surface area (Å²) in [5.41, 5.74) is 8.42. The molecule has 1 aliphatic heterocycles. The molecule has 0 amide bonds. The molecule has 19 heavy (non-hydrogen) atoms. The largest absolute Gasteiger partial charge is 0.399 e. The Morgan fingerprint density at radius 1 is 1.16 bits per heavy atom. The summed E-state index contributed by atoms with van der Waals surface area (Å²) in [7, 11) is 0. The number of rotatable bonds is 4. The van der Waals surface area contributed by atoms with Gasteiger partial charge in [0.1, 0.15) is 0 Å². The maximum absolute atomic E-state index is 6.06. The number of nitrogens with two attached hydrogens (primary N) is 1. The van der Waals surface area contributed by atoms with E-state index in [1.165, 1.54) is 44.3 Å². The average molecular weight is 281 g/mol. The van der Waals surface area contributed by atoms with Gasteiger partial charge in [-0.25, -0.2) is 0 Å². The van der Waals surface area contributed by atoms with Crippen molar-refractivity contribution in [2.75, 3.05) is 18.8 Å². The van der Waals surface area contributed by atoms with Gasteiger partial charge in [0.2, 0.25) is 0 Å². The van der Waals surface area contributed by atoms with Gasteiger partial charge in [0.25, 0.3) is 0 Å². The van der Waals surface area contributed by atoms with Crippen LogP contribution in [0.2, 0.25) is 5.02 Å². The Bertz CT molecular complexity index is 397. The van der Waals surface area contributed by atoms with Gasteiger partial charge in [0, 0.05) is 17.3 Å². The summed E-state index contributed by atoms with van der Waals surface area (Å²) in [6, 6.07) is 5.87. The van der Waals surface area contributed by atoms with Crippen LogP contribution in [0, 0.1) is 5.41 Å². The summed E-state index contributed by atoms with van der Waals surface area (Å²) in [5, 5.41) is 0.739. The lowest BCUT2D eigenvalue weighted by Crippen LogP contribution is -2.39. The van der Waals surface area contributed by atoms with Crippen molar-refractivity contribution in [1.82, 2.24) is 4.90 Å². The first-order valence-corrected chi connectivity index (χ1v) is 7.72. The molecule has 1 aromatic rings. The van der Waals surface area contributed by atoms with Gasteiger partial charge >= 0.3 is 0 Å². The highest BCUT2D eigenvalue weighted by Crippen LogP contribution is 2.38. The van der Waals surface area contributed by atoms with E-state index in [4.69, 9.17) is 17.3 Å². The zero-order valence-electron chi connectivity index (χ0n) is 12.1. The number of hydrogen-bond acceptors (Lipinski definition) is 2. The van der Waals surface area contributed by atoms with Crippen molar-refractivity contribution in [3.05, 3.63) is 28.8 Å². The number of nitrogens with zero attached hydrogens (tertiary/aromatic N) is 1. The number of anilines is 1. The van der Waals surface area contributed by atoms with Gasteiger partial charge in [-0.15, -0.1) is 0 Å². The molecule has 3 heteroatoms. The Hall–Kier alpha value is -0.730. The number of benzene rings is 1. The summed E-state index contributed by atoms with van der Waals surface area (Å²) in [6.45, 7) is 8.00. The second-order valence-electron chi connectivity index (χ2n) is 5.88. The molecule has 1 heterocycles. The van der Waals surface area contributed by atoms with Crippen molar-refractivity contribution in [2.45, 2.75) is 46.1 Å². The molecule has 0 bridgehead atoms. The van der Waals surface area contributed by atoms with Gasteiger partial charge in [-0.1, -0.05) is 38.3 Å². The maximum Gasteiger partial charge on any atom is 0.0429 e. The minimum atomic E-state index is 0.587. The molecule has 1 saturated heterocycles. The number of nitrogen functional groups attached to an aromatic ring is 1. The van der Waals surface area contributed by atoms with Gasteiger partial charge in [-0.05, 0) is 55.1 Å². The van der Waals surface area contributed by atoms with Crippen molar-refractivity contribution in [2.24, 2.45) is 5.41 Å². The van der Waals surface area contributed by atoms with Crippen LogP contribution < -0.4 is 5.73 Å². The SMILES string of the molecule is CCC1(CC)CCN(Cc2cc(N)cc(Cl)c2)CC1. The molecule has 2 rings (SSSR count). The second kappa shape index (κ2) is 6.15. The van der Waals surface area contributed by atoms with E-state index in [9.17, 15) is 0 Å². The van der Waals surface area contributed by atoms with E-state index in [0.29, 0.717) is 5.41 Å². The normalized spacial score (nSPS) is 19.5. The molecule has 0 unspecified atom stereocenters. The number of hydrogen-bond donors (Lipinski definition) is 1. The molecular formula is C16H25ClN2. The van der Waals surface area contributed by atoms with Crippen LogP contribution in [0.25, 0.3) is 0 Å². The van der Waals surface area contributed by atoms with Crippen molar-refractivity contribution in [3.63, 3.8) is 0 Å². The van der Waals surface area contributed by atoms with E-state index in [-0.39, 0.29) is 0 Å². The Morgan fingerprint density at radius 2 is 1.79 bits per heavy atom.